The number of hydrogen-bond donors (Lipinski definition) is 2. The monoisotopic (exact) mass is 397 g/mol. The summed E-state index contributed by atoms with van der Waals surface area (Å²) in [4.78, 5) is 23.9. The number of rotatable bonds is 8. The number of carbonyl (C=O) groups excluding carboxylic acids is 2. The molecule has 1 heterocycles. The van der Waals surface area contributed by atoms with Crippen LogP contribution < -0.4 is 15.8 Å². The van der Waals surface area contributed by atoms with Gasteiger partial charge < -0.3 is 15.8 Å². The fourth-order valence-corrected chi connectivity index (χ4v) is 4.28. The van der Waals surface area contributed by atoms with E-state index in [1.54, 1.807) is 6.92 Å². The Morgan fingerprint density at radius 1 is 1.22 bits per heavy atom. The van der Waals surface area contributed by atoms with E-state index < -0.39 is 22.0 Å². The lowest BCUT2D eigenvalue weighted by Gasteiger charge is -2.19. The molecule has 150 valence electrons. The number of nitrogens with zero attached hydrogens (tertiary/aromatic N) is 1. The standard InChI is InChI=1S/C18H27N3O5S/c1-12(2)11-20-18(23)13(3)26-16-7-6-14(10-15(16)17(19)22)27(24,25)21-8-4-5-9-21/h6-7,10,12-13H,4-5,8-9,11H2,1-3H3,(H2,19,22)(H,20,23)/t13-/m1/s1. The summed E-state index contributed by atoms with van der Waals surface area (Å²) in [5, 5.41) is 2.74. The highest BCUT2D eigenvalue weighted by Gasteiger charge is 2.29. The van der Waals surface area contributed by atoms with Gasteiger partial charge in [0.25, 0.3) is 11.8 Å². The molecular weight excluding hydrogens is 370 g/mol. The molecule has 1 aromatic carbocycles. The van der Waals surface area contributed by atoms with Crippen molar-refractivity contribution in [3.05, 3.63) is 23.8 Å². The molecule has 2 rings (SSSR count). The molecule has 3 N–H and O–H groups in total. The van der Waals surface area contributed by atoms with Crippen LogP contribution in [0.2, 0.25) is 0 Å². The molecule has 0 aromatic heterocycles. The minimum absolute atomic E-state index is 0.0116. The first-order valence-electron chi connectivity index (χ1n) is 9.01. The molecule has 0 saturated carbocycles. The van der Waals surface area contributed by atoms with E-state index >= 15 is 0 Å². The number of nitrogens with two attached hydrogens (primary N) is 1. The van der Waals surface area contributed by atoms with E-state index in [1.807, 2.05) is 13.8 Å². The zero-order valence-corrected chi connectivity index (χ0v) is 16.7. The van der Waals surface area contributed by atoms with Gasteiger partial charge in [0, 0.05) is 19.6 Å². The number of ether oxygens (including phenoxy) is 1. The molecule has 8 nitrogen and oxygen atoms in total. The van der Waals surface area contributed by atoms with E-state index in [0.717, 1.165) is 12.8 Å². The topological polar surface area (TPSA) is 119 Å². The Bertz CT molecular complexity index is 801. The molecule has 1 saturated heterocycles. The van der Waals surface area contributed by atoms with Gasteiger partial charge in [-0.2, -0.15) is 4.31 Å². The van der Waals surface area contributed by atoms with Crippen molar-refractivity contribution in [1.29, 1.82) is 0 Å². The second-order valence-corrected chi connectivity index (χ2v) is 8.97. The summed E-state index contributed by atoms with van der Waals surface area (Å²) in [6.07, 6.45) is 0.765. The normalized spacial score (nSPS) is 16.3. The van der Waals surface area contributed by atoms with E-state index in [9.17, 15) is 18.0 Å². The number of carbonyl (C=O) groups is 2. The fraction of sp³-hybridized carbons (Fsp3) is 0.556. The first kappa shape index (κ1) is 21.2. The lowest BCUT2D eigenvalue weighted by molar-refractivity contribution is -0.127. The van der Waals surface area contributed by atoms with Crippen LogP contribution in [0.1, 0.15) is 44.0 Å². The molecule has 1 atom stereocenters. The fourth-order valence-electron chi connectivity index (χ4n) is 2.73. The summed E-state index contributed by atoms with van der Waals surface area (Å²) in [6.45, 7) is 6.91. The van der Waals surface area contributed by atoms with Gasteiger partial charge in [0.05, 0.1) is 10.5 Å². The van der Waals surface area contributed by atoms with E-state index in [2.05, 4.69) is 5.32 Å². The largest absolute Gasteiger partial charge is 0.480 e. The molecule has 0 aliphatic carbocycles. The maximum atomic E-state index is 12.7. The highest BCUT2D eigenvalue weighted by atomic mass is 32.2. The van der Waals surface area contributed by atoms with Crippen LogP contribution in [0.4, 0.5) is 0 Å². The number of primary amides is 1. The molecule has 1 fully saturated rings. The summed E-state index contributed by atoms with van der Waals surface area (Å²) in [6, 6.07) is 3.95. The molecule has 0 unspecified atom stereocenters. The zero-order chi connectivity index (χ0) is 20.2. The van der Waals surface area contributed by atoms with Crippen molar-refractivity contribution in [2.45, 2.75) is 44.6 Å². The Morgan fingerprint density at radius 3 is 2.41 bits per heavy atom. The second-order valence-electron chi connectivity index (χ2n) is 7.03. The lowest BCUT2D eigenvalue weighted by Crippen LogP contribution is -2.38. The van der Waals surface area contributed by atoms with Gasteiger partial charge in [0.2, 0.25) is 10.0 Å². The molecule has 27 heavy (non-hydrogen) atoms. The molecule has 1 aromatic rings. The van der Waals surface area contributed by atoms with Gasteiger partial charge in [0.15, 0.2) is 6.10 Å². The molecule has 1 aliphatic heterocycles. The van der Waals surface area contributed by atoms with Crippen LogP contribution in [0.3, 0.4) is 0 Å². The average molecular weight is 397 g/mol. The molecule has 0 radical (unpaired) electrons. The van der Waals surface area contributed by atoms with Crippen molar-refractivity contribution < 1.29 is 22.7 Å². The third kappa shape index (κ3) is 5.20. The van der Waals surface area contributed by atoms with Crippen LogP contribution in [-0.2, 0) is 14.8 Å². The highest BCUT2D eigenvalue weighted by Crippen LogP contribution is 2.27. The van der Waals surface area contributed by atoms with Crippen molar-refractivity contribution in [1.82, 2.24) is 9.62 Å². The molecule has 0 spiro atoms. The Balaban J connectivity index is 2.23. The Labute approximate surface area is 160 Å². The summed E-state index contributed by atoms with van der Waals surface area (Å²) >= 11 is 0. The summed E-state index contributed by atoms with van der Waals surface area (Å²) in [7, 11) is -3.68. The SMILES string of the molecule is CC(C)CNC(=O)[C@@H](C)Oc1ccc(S(=O)(=O)N2CCCC2)cc1C(N)=O. The van der Waals surface area contributed by atoms with Crippen molar-refractivity contribution in [2.24, 2.45) is 11.7 Å². The van der Waals surface area contributed by atoms with Crippen LogP contribution in [-0.4, -0.2) is 50.3 Å². The van der Waals surface area contributed by atoms with Gasteiger partial charge >= 0.3 is 0 Å². The maximum absolute atomic E-state index is 12.7. The second kappa shape index (κ2) is 8.71. The van der Waals surface area contributed by atoms with Gasteiger partial charge in [-0.15, -0.1) is 0 Å². The number of sulfonamides is 1. The first-order chi connectivity index (χ1) is 12.6. The number of nitrogens with one attached hydrogen (secondary N) is 1. The predicted molar refractivity (Wildman–Crippen MR) is 101 cm³/mol. The third-order valence-corrected chi connectivity index (χ3v) is 6.17. The van der Waals surface area contributed by atoms with Gasteiger partial charge in [-0.05, 0) is 43.9 Å². The average Bonchev–Trinajstić information content (AvgIpc) is 3.14. The molecule has 1 aliphatic rings. The minimum atomic E-state index is -3.68. The quantitative estimate of drug-likeness (QED) is 0.681. The minimum Gasteiger partial charge on any atom is -0.480 e. The molecule has 0 bridgehead atoms. The van der Waals surface area contributed by atoms with Crippen molar-refractivity contribution in [2.75, 3.05) is 19.6 Å². The summed E-state index contributed by atoms with van der Waals surface area (Å²) < 4.78 is 32.3. The van der Waals surface area contributed by atoms with Gasteiger partial charge in [-0.1, -0.05) is 13.8 Å². The van der Waals surface area contributed by atoms with Gasteiger partial charge in [-0.25, -0.2) is 8.42 Å². The van der Waals surface area contributed by atoms with Crippen molar-refractivity contribution in [3.8, 4) is 5.75 Å². The molecule has 9 heteroatoms. The van der Waals surface area contributed by atoms with Gasteiger partial charge in [0.1, 0.15) is 5.75 Å². The van der Waals surface area contributed by atoms with Crippen molar-refractivity contribution >= 4 is 21.8 Å². The van der Waals surface area contributed by atoms with Crippen LogP contribution in [0.15, 0.2) is 23.1 Å². The van der Waals surface area contributed by atoms with Gasteiger partial charge in [-0.3, -0.25) is 9.59 Å². The smallest absolute Gasteiger partial charge is 0.260 e. The maximum Gasteiger partial charge on any atom is 0.260 e. The van der Waals surface area contributed by atoms with Crippen molar-refractivity contribution in [3.63, 3.8) is 0 Å². The summed E-state index contributed by atoms with van der Waals surface area (Å²) in [5.74, 6) is -0.779. The van der Waals surface area contributed by atoms with E-state index in [1.165, 1.54) is 22.5 Å². The van der Waals surface area contributed by atoms with E-state index in [0.29, 0.717) is 19.6 Å². The Morgan fingerprint density at radius 2 is 1.85 bits per heavy atom. The van der Waals surface area contributed by atoms with Crippen LogP contribution in [0.5, 0.6) is 5.75 Å². The summed E-state index contributed by atoms with van der Waals surface area (Å²) in [5.41, 5.74) is 5.33. The number of hydrogen-bond acceptors (Lipinski definition) is 5. The number of benzene rings is 1. The Hall–Kier alpha value is -2.13. The molecule has 2 amide bonds. The zero-order valence-electron chi connectivity index (χ0n) is 15.9. The lowest BCUT2D eigenvalue weighted by atomic mass is 10.2. The van der Waals surface area contributed by atoms with E-state index in [4.69, 9.17) is 10.5 Å². The third-order valence-electron chi connectivity index (χ3n) is 4.28. The predicted octanol–water partition coefficient (Wildman–Crippen LogP) is 1.11. The van der Waals surface area contributed by atoms with E-state index in [-0.39, 0.29) is 28.0 Å². The van der Waals surface area contributed by atoms with Crippen LogP contribution in [0, 0.1) is 5.92 Å². The molecular formula is C18H27N3O5S. The highest BCUT2D eigenvalue weighted by molar-refractivity contribution is 7.89. The van der Waals surface area contributed by atoms with Crippen LogP contribution >= 0.6 is 0 Å². The Kier molecular flexibility index (Phi) is 6.83. The number of amides is 2. The first-order valence-corrected chi connectivity index (χ1v) is 10.4. The van der Waals surface area contributed by atoms with Crippen LogP contribution in [0.25, 0.3) is 0 Å².